The van der Waals surface area contributed by atoms with Crippen LogP contribution in [0.25, 0.3) is 0 Å². The van der Waals surface area contributed by atoms with E-state index in [0.717, 1.165) is 0 Å². The summed E-state index contributed by atoms with van der Waals surface area (Å²) in [5, 5.41) is 0. The van der Waals surface area contributed by atoms with Crippen LogP contribution in [0.1, 0.15) is 45.4 Å². The molecule has 0 amide bonds. The Morgan fingerprint density at radius 1 is 1.00 bits per heavy atom. The number of rotatable bonds is 1. The highest BCUT2D eigenvalue weighted by atomic mass is 32.2. The van der Waals surface area contributed by atoms with Crippen molar-refractivity contribution in [1.82, 2.24) is 0 Å². The lowest BCUT2D eigenvalue weighted by molar-refractivity contribution is 0.622. The summed E-state index contributed by atoms with van der Waals surface area (Å²) in [4.78, 5) is 1.66. The van der Waals surface area contributed by atoms with Crippen molar-refractivity contribution >= 4 is 11.8 Å². The molecule has 64 valence electrons. The van der Waals surface area contributed by atoms with Crippen molar-refractivity contribution in [3.8, 4) is 0 Å². The molecule has 11 heavy (non-hydrogen) atoms. The summed E-state index contributed by atoms with van der Waals surface area (Å²) in [6.45, 7) is 2.30. The zero-order valence-corrected chi connectivity index (χ0v) is 8.47. The SMILES string of the molecule is CS/C1=C(\C)CCCCCC1. The second-order valence-electron chi connectivity index (χ2n) is 3.32. The Labute approximate surface area is 74.5 Å². The topological polar surface area (TPSA) is 0 Å². The first-order chi connectivity index (χ1) is 5.34. The molecule has 1 aliphatic carbocycles. The quantitative estimate of drug-likeness (QED) is 0.573. The van der Waals surface area contributed by atoms with E-state index >= 15 is 0 Å². The smallest absolute Gasteiger partial charge is 0.0140 e. The fourth-order valence-electron chi connectivity index (χ4n) is 1.66. The molecule has 0 atom stereocenters. The summed E-state index contributed by atoms with van der Waals surface area (Å²) in [6, 6.07) is 0. The Morgan fingerprint density at radius 2 is 1.64 bits per heavy atom. The van der Waals surface area contributed by atoms with E-state index in [2.05, 4.69) is 13.2 Å². The molecule has 0 nitrogen and oxygen atoms in total. The van der Waals surface area contributed by atoms with Crippen LogP contribution in [0.5, 0.6) is 0 Å². The summed E-state index contributed by atoms with van der Waals surface area (Å²) in [7, 11) is 0. The van der Waals surface area contributed by atoms with Crippen LogP contribution in [0, 0.1) is 0 Å². The number of hydrogen-bond donors (Lipinski definition) is 0. The average Bonchev–Trinajstić information content (AvgIpc) is 1.98. The van der Waals surface area contributed by atoms with Crippen molar-refractivity contribution in [2.75, 3.05) is 6.26 Å². The molecule has 0 saturated heterocycles. The first-order valence-corrected chi connectivity index (χ1v) is 5.79. The van der Waals surface area contributed by atoms with E-state index in [1.807, 2.05) is 11.8 Å². The molecule has 0 saturated carbocycles. The van der Waals surface area contributed by atoms with E-state index in [9.17, 15) is 0 Å². The van der Waals surface area contributed by atoms with E-state index in [4.69, 9.17) is 0 Å². The van der Waals surface area contributed by atoms with Gasteiger partial charge in [0.2, 0.25) is 0 Å². The molecule has 0 heterocycles. The van der Waals surface area contributed by atoms with E-state index in [-0.39, 0.29) is 0 Å². The van der Waals surface area contributed by atoms with Crippen LogP contribution in [0.15, 0.2) is 10.5 Å². The zero-order chi connectivity index (χ0) is 8.10. The molecule has 0 bridgehead atoms. The predicted octanol–water partition coefficient (Wildman–Crippen LogP) is 3.98. The molecule has 0 unspecified atom stereocenters. The largest absolute Gasteiger partial charge is 0.134 e. The number of allylic oxidation sites excluding steroid dienone is 2. The van der Waals surface area contributed by atoms with Crippen molar-refractivity contribution in [2.45, 2.75) is 45.4 Å². The highest BCUT2D eigenvalue weighted by molar-refractivity contribution is 8.02. The van der Waals surface area contributed by atoms with Crippen LogP contribution >= 0.6 is 11.8 Å². The number of hydrogen-bond acceptors (Lipinski definition) is 1. The minimum absolute atomic E-state index is 1.34. The van der Waals surface area contributed by atoms with Gasteiger partial charge in [0, 0.05) is 0 Å². The normalized spacial score (nSPS) is 27.8. The highest BCUT2D eigenvalue weighted by Crippen LogP contribution is 2.28. The molecule has 0 N–H and O–H groups in total. The van der Waals surface area contributed by atoms with Gasteiger partial charge >= 0.3 is 0 Å². The summed E-state index contributed by atoms with van der Waals surface area (Å²) in [6.07, 6.45) is 10.6. The maximum atomic E-state index is 2.30. The lowest BCUT2D eigenvalue weighted by atomic mass is 10.0. The number of thioether (sulfide) groups is 1. The zero-order valence-electron chi connectivity index (χ0n) is 7.65. The van der Waals surface area contributed by atoms with Crippen LogP contribution in [0.3, 0.4) is 0 Å². The molecule has 0 fully saturated rings. The van der Waals surface area contributed by atoms with Gasteiger partial charge in [-0.25, -0.2) is 0 Å². The summed E-state index contributed by atoms with van der Waals surface area (Å²) in [5.74, 6) is 0. The fraction of sp³-hybridized carbons (Fsp3) is 0.800. The summed E-state index contributed by atoms with van der Waals surface area (Å²) < 4.78 is 0. The Bertz CT molecular complexity index is 147. The van der Waals surface area contributed by atoms with Crippen molar-refractivity contribution in [3.63, 3.8) is 0 Å². The molecule has 1 heteroatoms. The molecule has 1 aliphatic rings. The minimum atomic E-state index is 1.34. The van der Waals surface area contributed by atoms with Gasteiger partial charge in [-0.05, 0) is 43.8 Å². The van der Waals surface area contributed by atoms with Gasteiger partial charge in [0.05, 0.1) is 0 Å². The van der Waals surface area contributed by atoms with Crippen LogP contribution in [0.2, 0.25) is 0 Å². The van der Waals surface area contributed by atoms with Gasteiger partial charge in [0.15, 0.2) is 0 Å². The van der Waals surface area contributed by atoms with Crippen molar-refractivity contribution in [3.05, 3.63) is 10.5 Å². The minimum Gasteiger partial charge on any atom is -0.134 e. The summed E-state index contributed by atoms with van der Waals surface area (Å²) >= 11 is 1.96. The third-order valence-corrected chi connectivity index (χ3v) is 3.47. The van der Waals surface area contributed by atoms with Gasteiger partial charge in [-0.2, -0.15) is 0 Å². The Hall–Kier alpha value is 0.0900. The maximum Gasteiger partial charge on any atom is -0.0140 e. The predicted molar refractivity (Wildman–Crippen MR) is 53.9 cm³/mol. The Kier molecular flexibility index (Phi) is 4.06. The van der Waals surface area contributed by atoms with Gasteiger partial charge < -0.3 is 0 Å². The molecular weight excluding hydrogens is 152 g/mol. The maximum absolute atomic E-state index is 2.30. The van der Waals surface area contributed by atoms with Crippen LogP contribution in [-0.4, -0.2) is 6.26 Å². The van der Waals surface area contributed by atoms with Crippen molar-refractivity contribution in [1.29, 1.82) is 0 Å². The molecule has 0 spiro atoms. The third-order valence-electron chi connectivity index (χ3n) is 2.43. The standard InChI is InChI=1S/C10H18S/c1-9-7-5-3-4-6-8-10(9)11-2/h3-8H2,1-2H3/b10-9+. The fourth-order valence-corrected chi connectivity index (χ4v) is 2.46. The van der Waals surface area contributed by atoms with Crippen molar-refractivity contribution < 1.29 is 0 Å². The van der Waals surface area contributed by atoms with E-state index in [1.54, 1.807) is 10.5 Å². The lowest BCUT2D eigenvalue weighted by Gasteiger charge is -2.13. The second kappa shape index (κ2) is 4.87. The van der Waals surface area contributed by atoms with E-state index in [0.29, 0.717) is 0 Å². The third kappa shape index (κ3) is 2.90. The second-order valence-corrected chi connectivity index (χ2v) is 4.22. The van der Waals surface area contributed by atoms with Crippen LogP contribution in [-0.2, 0) is 0 Å². The van der Waals surface area contributed by atoms with Gasteiger partial charge in [0.25, 0.3) is 0 Å². The lowest BCUT2D eigenvalue weighted by Crippen LogP contribution is -1.91. The molecule has 1 rings (SSSR count). The Balaban J connectivity index is 2.56. The van der Waals surface area contributed by atoms with Crippen molar-refractivity contribution in [2.24, 2.45) is 0 Å². The highest BCUT2D eigenvalue weighted by Gasteiger charge is 2.04. The molecule has 0 aromatic heterocycles. The molecule has 0 aromatic carbocycles. The van der Waals surface area contributed by atoms with E-state index in [1.165, 1.54) is 38.5 Å². The van der Waals surface area contributed by atoms with Gasteiger partial charge in [-0.15, -0.1) is 11.8 Å². The Morgan fingerprint density at radius 3 is 2.27 bits per heavy atom. The monoisotopic (exact) mass is 170 g/mol. The van der Waals surface area contributed by atoms with Crippen LogP contribution in [0.4, 0.5) is 0 Å². The van der Waals surface area contributed by atoms with Gasteiger partial charge in [-0.1, -0.05) is 18.4 Å². The molecule has 0 aliphatic heterocycles. The van der Waals surface area contributed by atoms with E-state index < -0.39 is 0 Å². The van der Waals surface area contributed by atoms with Crippen LogP contribution < -0.4 is 0 Å². The summed E-state index contributed by atoms with van der Waals surface area (Å²) in [5.41, 5.74) is 1.65. The first kappa shape index (κ1) is 9.18. The first-order valence-electron chi connectivity index (χ1n) is 4.57. The molecule has 0 aromatic rings. The molecular formula is C10H18S. The average molecular weight is 170 g/mol. The van der Waals surface area contributed by atoms with Gasteiger partial charge in [0.1, 0.15) is 0 Å². The molecule has 0 radical (unpaired) electrons. The van der Waals surface area contributed by atoms with Gasteiger partial charge in [-0.3, -0.25) is 0 Å².